The maximum Gasteiger partial charge on any atom is 0.181 e. The minimum atomic E-state index is -0.363. The van der Waals surface area contributed by atoms with E-state index in [4.69, 9.17) is 9.72 Å². The van der Waals surface area contributed by atoms with Gasteiger partial charge in [0.25, 0.3) is 0 Å². The van der Waals surface area contributed by atoms with Gasteiger partial charge in [-0.05, 0) is 81.3 Å². The molecule has 1 aliphatic heterocycles. The first-order valence-electron chi connectivity index (χ1n) is 12.5. The van der Waals surface area contributed by atoms with Gasteiger partial charge in [0, 0.05) is 30.6 Å². The Balaban J connectivity index is 1.37. The molecule has 0 aliphatic carbocycles. The number of fused-ring (bicyclic) bond motifs is 2. The van der Waals surface area contributed by atoms with Crippen LogP contribution >= 0.6 is 0 Å². The molecule has 1 saturated heterocycles. The lowest BCUT2D eigenvalue weighted by Gasteiger charge is -2.22. The number of aromatic nitrogens is 6. The van der Waals surface area contributed by atoms with Crippen LogP contribution in [0.2, 0.25) is 0 Å². The van der Waals surface area contributed by atoms with Crippen LogP contribution in [0.4, 0.5) is 4.39 Å². The van der Waals surface area contributed by atoms with Crippen LogP contribution in [0.3, 0.4) is 0 Å². The van der Waals surface area contributed by atoms with E-state index in [2.05, 4.69) is 36.5 Å². The third-order valence-corrected chi connectivity index (χ3v) is 6.86. The van der Waals surface area contributed by atoms with Gasteiger partial charge in [0.05, 0.1) is 10.9 Å². The molecule has 37 heavy (non-hydrogen) atoms. The molecule has 190 valence electrons. The Labute approximate surface area is 213 Å². The highest BCUT2D eigenvalue weighted by Gasteiger charge is 2.20. The number of piperidine rings is 1. The van der Waals surface area contributed by atoms with Gasteiger partial charge in [-0.3, -0.25) is 5.10 Å². The SMILES string of the molecule is CN(C)CCOc1cc(F)cc(-c2ccnc3nc(-c4[nH]nc5ncc(C6CCNCC6)cc45)[nH]c23)c1. The van der Waals surface area contributed by atoms with Gasteiger partial charge in [0.2, 0.25) is 0 Å². The molecular weight excluding hydrogens is 471 g/mol. The number of pyridine rings is 2. The van der Waals surface area contributed by atoms with E-state index in [9.17, 15) is 4.39 Å². The first-order valence-corrected chi connectivity index (χ1v) is 12.5. The van der Waals surface area contributed by atoms with E-state index in [-0.39, 0.29) is 5.82 Å². The highest BCUT2D eigenvalue weighted by atomic mass is 19.1. The zero-order valence-electron chi connectivity index (χ0n) is 20.9. The highest BCUT2D eigenvalue weighted by Crippen LogP contribution is 2.34. The van der Waals surface area contributed by atoms with Gasteiger partial charge in [0.1, 0.15) is 23.9 Å². The molecule has 0 bridgehead atoms. The van der Waals surface area contributed by atoms with Crippen LogP contribution in [-0.2, 0) is 0 Å². The third kappa shape index (κ3) is 4.77. The fourth-order valence-electron chi connectivity index (χ4n) is 4.89. The van der Waals surface area contributed by atoms with Gasteiger partial charge in [-0.1, -0.05) is 0 Å². The maximum absolute atomic E-state index is 14.5. The molecule has 0 spiro atoms. The van der Waals surface area contributed by atoms with Gasteiger partial charge in [-0.15, -0.1) is 0 Å². The van der Waals surface area contributed by atoms with Crippen LogP contribution in [0.25, 0.3) is 44.8 Å². The van der Waals surface area contributed by atoms with Crippen molar-refractivity contribution in [1.82, 2.24) is 40.3 Å². The van der Waals surface area contributed by atoms with Crippen molar-refractivity contribution in [3.8, 4) is 28.4 Å². The molecule has 4 aromatic heterocycles. The van der Waals surface area contributed by atoms with Gasteiger partial charge < -0.3 is 19.9 Å². The normalized spacial score (nSPS) is 14.7. The lowest BCUT2D eigenvalue weighted by atomic mass is 9.91. The molecule has 0 unspecified atom stereocenters. The molecule has 0 amide bonds. The third-order valence-electron chi connectivity index (χ3n) is 6.86. The number of imidazole rings is 1. The van der Waals surface area contributed by atoms with E-state index in [1.807, 2.05) is 37.3 Å². The number of aromatic amines is 2. The highest BCUT2D eigenvalue weighted by molar-refractivity contribution is 5.95. The number of nitrogens with one attached hydrogen (secondary N) is 3. The molecule has 1 fully saturated rings. The van der Waals surface area contributed by atoms with Crippen molar-refractivity contribution in [2.75, 3.05) is 40.3 Å². The Kier molecular flexibility index (Phi) is 6.27. The van der Waals surface area contributed by atoms with Gasteiger partial charge in [-0.2, -0.15) is 5.10 Å². The fourth-order valence-corrected chi connectivity index (χ4v) is 4.89. The minimum absolute atomic E-state index is 0.363. The smallest absolute Gasteiger partial charge is 0.181 e. The summed E-state index contributed by atoms with van der Waals surface area (Å²) in [7, 11) is 3.94. The Morgan fingerprint density at radius 2 is 1.95 bits per heavy atom. The summed E-state index contributed by atoms with van der Waals surface area (Å²) in [5.41, 5.74) is 5.35. The second kappa shape index (κ2) is 9.87. The molecular formula is C27H29FN8O. The number of H-pyrrole nitrogens is 2. The topological polar surface area (TPSA) is 108 Å². The average molecular weight is 501 g/mol. The van der Waals surface area contributed by atoms with Crippen LogP contribution in [0.5, 0.6) is 5.75 Å². The van der Waals surface area contributed by atoms with Gasteiger partial charge in [0.15, 0.2) is 17.1 Å². The summed E-state index contributed by atoms with van der Waals surface area (Å²) in [6, 6.07) is 8.76. The number of likely N-dealkylation sites (N-methyl/N-ethyl adjacent to an activating group) is 1. The van der Waals surface area contributed by atoms with Crippen molar-refractivity contribution in [3.63, 3.8) is 0 Å². The predicted octanol–water partition coefficient (Wildman–Crippen LogP) is 4.11. The standard InChI is InChI=1S/C27H29FN8O/c1-36(2)9-10-37-20-12-17(11-19(28)14-20)21-5-8-30-26-23(21)32-27(33-26)24-22-13-18(15-31-25(22)35-34-24)16-3-6-29-7-4-16/h5,8,11-16,29H,3-4,6-7,9-10H2,1-2H3,(H,30,32,33)(H,31,34,35). The van der Waals surface area contributed by atoms with E-state index in [1.54, 1.807) is 6.20 Å². The van der Waals surface area contributed by atoms with Crippen molar-refractivity contribution < 1.29 is 9.13 Å². The lowest BCUT2D eigenvalue weighted by molar-refractivity contribution is 0.260. The van der Waals surface area contributed by atoms with Crippen LogP contribution in [0.15, 0.2) is 42.7 Å². The van der Waals surface area contributed by atoms with E-state index in [0.717, 1.165) is 49.1 Å². The Hall–Kier alpha value is -3.89. The maximum atomic E-state index is 14.5. The summed E-state index contributed by atoms with van der Waals surface area (Å²) < 4.78 is 20.3. The second-order valence-electron chi connectivity index (χ2n) is 9.73. The minimum Gasteiger partial charge on any atom is -0.492 e. The summed E-state index contributed by atoms with van der Waals surface area (Å²) in [6.07, 6.45) is 5.80. The number of rotatable bonds is 7. The molecule has 9 nitrogen and oxygen atoms in total. The number of hydrogen-bond donors (Lipinski definition) is 3. The molecule has 1 aromatic carbocycles. The van der Waals surface area contributed by atoms with Gasteiger partial charge >= 0.3 is 0 Å². The molecule has 1 aliphatic rings. The molecule has 5 heterocycles. The Morgan fingerprint density at radius 1 is 1.08 bits per heavy atom. The Bertz CT molecular complexity index is 1550. The number of halogens is 1. The molecule has 10 heteroatoms. The number of nitrogens with zero attached hydrogens (tertiary/aromatic N) is 5. The molecule has 0 saturated carbocycles. The van der Waals surface area contributed by atoms with Crippen LogP contribution in [0, 0.1) is 5.82 Å². The monoisotopic (exact) mass is 500 g/mol. The summed E-state index contributed by atoms with van der Waals surface area (Å²) in [5.74, 6) is 1.21. The largest absolute Gasteiger partial charge is 0.492 e. The van der Waals surface area contributed by atoms with E-state index < -0.39 is 0 Å². The van der Waals surface area contributed by atoms with Crippen molar-refractivity contribution in [2.24, 2.45) is 0 Å². The van der Waals surface area contributed by atoms with Crippen LogP contribution in [0.1, 0.15) is 24.3 Å². The lowest BCUT2D eigenvalue weighted by Crippen LogP contribution is -2.26. The van der Waals surface area contributed by atoms with E-state index in [1.165, 1.54) is 17.7 Å². The quantitative estimate of drug-likeness (QED) is 0.309. The van der Waals surface area contributed by atoms with Crippen molar-refractivity contribution in [1.29, 1.82) is 0 Å². The zero-order valence-corrected chi connectivity index (χ0v) is 20.9. The predicted molar refractivity (Wildman–Crippen MR) is 141 cm³/mol. The molecule has 0 radical (unpaired) electrons. The Morgan fingerprint density at radius 3 is 2.78 bits per heavy atom. The van der Waals surface area contributed by atoms with Crippen LogP contribution in [-0.4, -0.2) is 75.4 Å². The zero-order chi connectivity index (χ0) is 25.4. The summed E-state index contributed by atoms with van der Waals surface area (Å²) in [4.78, 5) is 19.2. The first kappa shape index (κ1) is 23.5. The number of hydrogen-bond acceptors (Lipinski definition) is 7. The second-order valence-corrected chi connectivity index (χ2v) is 9.73. The molecule has 0 atom stereocenters. The van der Waals surface area contributed by atoms with E-state index in [0.29, 0.717) is 46.5 Å². The number of benzene rings is 1. The van der Waals surface area contributed by atoms with Crippen molar-refractivity contribution in [3.05, 3.63) is 54.1 Å². The van der Waals surface area contributed by atoms with Crippen molar-refractivity contribution in [2.45, 2.75) is 18.8 Å². The summed E-state index contributed by atoms with van der Waals surface area (Å²) in [6.45, 7) is 3.24. The number of ether oxygens (including phenoxy) is 1. The van der Waals surface area contributed by atoms with Crippen molar-refractivity contribution >= 4 is 22.2 Å². The first-order chi connectivity index (χ1) is 18.0. The summed E-state index contributed by atoms with van der Waals surface area (Å²) in [5, 5.41) is 11.8. The fraction of sp³-hybridized carbons (Fsp3) is 0.333. The van der Waals surface area contributed by atoms with E-state index >= 15 is 0 Å². The molecule has 5 aromatic rings. The molecule has 6 rings (SSSR count). The molecule has 3 N–H and O–H groups in total. The summed E-state index contributed by atoms with van der Waals surface area (Å²) >= 11 is 0. The van der Waals surface area contributed by atoms with Gasteiger partial charge in [-0.25, -0.2) is 19.3 Å². The van der Waals surface area contributed by atoms with Crippen LogP contribution < -0.4 is 10.1 Å². The average Bonchev–Trinajstić information content (AvgIpc) is 3.52.